The number of halogens is 1. The molecule has 0 spiro atoms. The molecule has 5 nitrogen and oxygen atoms in total. The van der Waals surface area contributed by atoms with E-state index in [0.717, 1.165) is 4.90 Å². The quantitative estimate of drug-likeness (QED) is 0.581. The van der Waals surface area contributed by atoms with Gasteiger partial charge in [0.05, 0.1) is 17.9 Å². The highest BCUT2D eigenvalue weighted by molar-refractivity contribution is 8.00. The molecule has 132 valence electrons. The minimum absolute atomic E-state index is 0.0700. The fourth-order valence-electron chi connectivity index (χ4n) is 1.93. The summed E-state index contributed by atoms with van der Waals surface area (Å²) < 4.78 is 10.3. The number of ether oxygens (including phenoxy) is 2. The Morgan fingerprint density at radius 3 is 2.68 bits per heavy atom. The van der Waals surface area contributed by atoms with Crippen LogP contribution in [-0.4, -0.2) is 30.8 Å². The summed E-state index contributed by atoms with van der Waals surface area (Å²) in [5.41, 5.74) is 0.567. The second-order valence-electron chi connectivity index (χ2n) is 5.07. The maximum absolute atomic E-state index is 12.1. The molecule has 1 unspecified atom stereocenters. The topological polar surface area (TPSA) is 64.6 Å². The Morgan fingerprint density at radius 2 is 1.96 bits per heavy atom. The van der Waals surface area contributed by atoms with E-state index in [-0.39, 0.29) is 5.75 Å². The summed E-state index contributed by atoms with van der Waals surface area (Å²) in [6, 6.07) is 14.1. The monoisotopic (exact) mass is 379 g/mol. The number of hydrogen-bond donors (Lipinski definition) is 1. The van der Waals surface area contributed by atoms with Crippen molar-refractivity contribution in [1.29, 1.82) is 0 Å². The number of thioether (sulfide) groups is 1. The summed E-state index contributed by atoms with van der Waals surface area (Å²) in [5, 5.41) is 3.25. The van der Waals surface area contributed by atoms with Crippen LogP contribution in [0.2, 0.25) is 5.02 Å². The van der Waals surface area contributed by atoms with Gasteiger partial charge in [-0.15, -0.1) is 11.8 Å². The molecule has 2 rings (SSSR count). The van der Waals surface area contributed by atoms with Gasteiger partial charge < -0.3 is 14.8 Å². The van der Waals surface area contributed by atoms with Gasteiger partial charge in [0.25, 0.3) is 5.91 Å². The number of methoxy groups -OCH3 is 1. The van der Waals surface area contributed by atoms with Crippen molar-refractivity contribution in [2.45, 2.75) is 17.9 Å². The van der Waals surface area contributed by atoms with Gasteiger partial charge in [0, 0.05) is 16.6 Å². The molecule has 2 aromatic rings. The largest absolute Gasteiger partial charge is 0.497 e. The summed E-state index contributed by atoms with van der Waals surface area (Å²) in [4.78, 5) is 24.8. The van der Waals surface area contributed by atoms with Gasteiger partial charge >= 0.3 is 5.97 Å². The Kier molecular flexibility index (Phi) is 7.16. The van der Waals surface area contributed by atoms with Crippen LogP contribution in [0.15, 0.2) is 53.4 Å². The van der Waals surface area contributed by atoms with Gasteiger partial charge in [0.2, 0.25) is 0 Å². The molecule has 0 bridgehead atoms. The Hall–Kier alpha value is -2.18. The third-order valence-corrected chi connectivity index (χ3v) is 4.69. The molecule has 0 aliphatic carbocycles. The van der Waals surface area contributed by atoms with Crippen LogP contribution in [0.4, 0.5) is 5.69 Å². The Labute approximate surface area is 155 Å². The number of carbonyl (C=O) groups excluding carboxylic acids is 2. The smallest absolute Gasteiger partial charge is 0.317 e. The van der Waals surface area contributed by atoms with Crippen LogP contribution in [0.25, 0.3) is 0 Å². The van der Waals surface area contributed by atoms with Gasteiger partial charge in [-0.05, 0) is 31.2 Å². The second kappa shape index (κ2) is 9.34. The zero-order valence-electron chi connectivity index (χ0n) is 13.8. The maximum Gasteiger partial charge on any atom is 0.317 e. The summed E-state index contributed by atoms with van der Waals surface area (Å²) in [6.45, 7) is 1.52. The van der Waals surface area contributed by atoms with Gasteiger partial charge in [-0.1, -0.05) is 29.8 Å². The summed E-state index contributed by atoms with van der Waals surface area (Å²) in [7, 11) is 1.54. The van der Waals surface area contributed by atoms with Crippen LogP contribution in [-0.2, 0) is 14.3 Å². The van der Waals surface area contributed by atoms with Crippen molar-refractivity contribution in [1.82, 2.24) is 0 Å². The van der Waals surface area contributed by atoms with E-state index in [1.54, 1.807) is 37.4 Å². The number of benzene rings is 2. The minimum Gasteiger partial charge on any atom is -0.497 e. The molecule has 1 atom stereocenters. The number of hydrogen-bond acceptors (Lipinski definition) is 5. The molecule has 0 fully saturated rings. The third-order valence-electron chi connectivity index (χ3n) is 3.20. The standard InChI is InChI=1S/C18H18ClNO4S/c1-12(18(22)20-13-6-5-7-14(10-13)23-2)24-17(21)11-25-16-9-4-3-8-15(16)19/h3-10,12H,11H2,1-2H3,(H,20,22). The zero-order valence-corrected chi connectivity index (χ0v) is 15.4. The number of esters is 1. The van der Waals surface area contributed by atoms with Crippen LogP contribution < -0.4 is 10.1 Å². The SMILES string of the molecule is COc1cccc(NC(=O)C(C)OC(=O)CSc2ccccc2Cl)c1. The molecule has 25 heavy (non-hydrogen) atoms. The highest BCUT2D eigenvalue weighted by Crippen LogP contribution is 2.26. The lowest BCUT2D eigenvalue weighted by atomic mass is 10.3. The van der Waals surface area contributed by atoms with E-state index >= 15 is 0 Å². The van der Waals surface area contributed by atoms with Crippen LogP contribution in [0.1, 0.15) is 6.92 Å². The average Bonchev–Trinajstić information content (AvgIpc) is 2.61. The molecular formula is C18H18ClNO4S. The first kappa shape index (κ1) is 19.1. The van der Waals surface area contributed by atoms with Gasteiger partial charge in [0.1, 0.15) is 5.75 Å². The highest BCUT2D eigenvalue weighted by atomic mass is 35.5. The van der Waals surface area contributed by atoms with Gasteiger partial charge in [-0.25, -0.2) is 0 Å². The second-order valence-corrected chi connectivity index (χ2v) is 6.50. The Bertz CT molecular complexity index is 753. The van der Waals surface area contributed by atoms with Crippen molar-refractivity contribution in [3.63, 3.8) is 0 Å². The van der Waals surface area contributed by atoms with E-state index in [1.165, 1.54) is 18.7 Å². The van der Waals surface area contributed by atoms with Crippen LogP contribution >= 0.6 is 23.4 Å². The summed E-state index contributed by atoms with van der Waals surface area (Å²) >= 11 is 7.29. The summed E-state index contributed by atoms with van der Waals surface area (Å²) in [6.07, 6.45) is -0.912. The van der Waals surface area contributed by atoms with Crippen molar-refractivity contribution >= 4 is 40.9 Å². The van der Waals surface area contributed by atoms with Crippen LogP contribution in [0.3, 0.4) is 0 Å². The average molecular weight is 380 g/mol. The van der Waals surface area contributed by atoms with Crippen molar-refractivity contribution in [3.8, 4) is 5.75 Å². The minimum atomic E-state index is -0.912. The van der Waals surface area contributed by atoms with E-state index in [9.17, 15) is 9.59 Å². The number of rotatable bonds is 7. The molecule has 7 heteroatoms. The predicted octanol–water partition coefficient (Wildman–Crippen LogP) is 4.01. The van der Waals surface area contributed by atoms with Crippen molar-refractivity contribution in [3.05, 3.63) is 53.6 Å². The first-order chi connectivity index (χ1) is 12.0. The fourth-order valence-corrected chi connectivity index (χ4v) is 2.95. The van der Waals surface area contributed by atoms with Gasteiger partial charge in [-0.2, -0.15) is 0 Å². The molecule has 1 amide bonds. The van der Waals surface area contributed by atoms with E-state index < -0.39 is 18.0 Å². The molecule has 0 aliphatic heterocycles. The Balaban J connectivity index is 1.83. The lowest BCUT2D eigenvalue weighted by molar-refractivity contribution is -0.150. The number of amides is 1. The molecule has 0 saturated heterocycles. The first-order valence-corrected chi connectivity index (χ1v) is 8.87. The fraction of sp³-hybridized carbons (Fsp3) is 0.222. The molecule has 0 heterocycles. The number of anilines is 1. The predicted molar refractivity (Wildman–Crippen MR) is 99.4 cm³/mol. The molecule has 0 aromatic heterocycles. The molecule has 0 aliphatic rings. The van der Waals surface area contributed by atoms with Crippen molar-refractivity contribution in [2.24, 2.45) is 0 Å². The van der Waals surface area contributed by atoms with Crippen molar-refractivity contribution < 1.29 is 19.1 Å². The third kappa shape index (κ3) is 5.99. The molecule has 2 aromatic carbocycles. The normalized spacial score (nSPS) is 11.5. The van der Waals surface area contributed by atoms with Gasteiger partial charge in [0.15, 0.2) is 6.10 Å². The lowest BCUT2D eigenvalue weighted by Crippen LogP contribution is -2.30. The zero-order chi connectivity index (χ0) is 18.2. The highest BCUT2D eigenvalue weighted by Gasteiger charge is 2.18. The van der Waals surface area contributed by atoms with Crippen LogP contribution in [0.5, 0.6) is 5.75 Å². The van der Waals surface area contributed by atoms with Crippen molar-refractivity contribution in [2.75, 3.05) is 18.2 Å². The molecular weight excluding hydrogens is 362 g/mol. The van der Waals surface area contributed by atoms with E-state index in [4.69, 9.17) is 21.1 Å². The Morgan fingerprint density at radius 1 is 1.20 bits per heavy atom. The van der Waals surface area contributed by atoms with E-state index in [1.807, 2.05) is 18.2 Å². The van der Waals surface area contributed by atoms with E-state index in [0.29, 0.717) is 16.5 Å². The molecule has 0 saturated carbocycles. The van der Waals surface area contributed by atoms with E-state index in [2.05, 4.69) is 5.32 Å². The van der Waals surface area contributed by atoms with Crippen LogP contribution in [0, 0.1) is 0 Å². The lowest BCUT2D eigenvalue weighted by Gasteiger charge is -2.14. The molecule has 0 radical (unpaired) electrons. The summed E-state index contributed by atoms with van der Waals surface area (Å²) in [5.74, 6) is -0.207. The maximum atomic E-state index is 12.1. The number of nitrogens with one attached hydrogen (secondary N) is 1. The molecule has 1 N–H and O–H groups in total. The number of carbonyl (C=O) groups is 2. The first-order valence-electron chi connectivity index (χ1n) is 7.51. The van der Waals surface area contributed by atoms with Gasteiger partial charge in [-0.3, -0.25) is 9.59 Å².